The van der Waals surface area contributed by atoms with E-state index >= 15 is 0 Å². The van der Waals surface area contributed by atoms with Crippen LogP contribution < -0.4 is 15.5 Å². The van der Waals surface area contributed by atoms with Gasteiger partial charge >= 0.3 is 0 Å². The summed E-state index contributed by atoms with van der Waals surface area (Å²) in [5, 5.41) is 12.8. The predicted octanol–water partition coefficient (Wildman–Crippen LogP) is 7.14. The average molecular weight is 537 g/mol. The number of thiazole rings is 1. The summed E-state index contributed by atoms with van der Waals surface area (Å²) in [7, 11) is 0. The highest BCUT2D eigenvalue weighted by Gasteiger charge is 2.10. The number of benzene rings is 4. The average Bonchev–Trinajstić information content (AvgIpc) is 3.42. The third kappa shape index (κ3) is 5.84. The largest absolute Gasteiger partial charge is 0.480 e. The molecule has 0 saturated carbocycles. The Hall–Kier alpha value is -4.64. The van der Waals surface area contributed by atoms with Gasteiger partial charge in [0.2, 0.25) is 0 Å². The molecule has 0 unspecified atom stereocenters. The quantitative estimate of drug-likeness (QED) is 0.126. The monoisotopic (exact) mass is 536 g/mol. The van der Waals surface area contributed by atoms with Crippen molar-refractivity contribution in [1.29, 1.82) is 0 Å². The van der Waals surface area contributed by atoms with Gasteiger partial charge in [0.1, 0.15) is 12.4 Å². The van der Waals surface area contributed by atoms with Crippen LogP contribution in [0.15, 0.2) is 95.4 Å². The van der Waals surface area contributed by atoms with Crippen molar-refractivity contribution in [3.63, 3.8) is 0 Å². The van der Waals surface area contributed by atoms with Crippen molar-refractivity contribution in [3.8, 4) is 29.4 Å². The van der Waals surface area contributed by atoms with Crippen LogP contribution in [0, 0.1) is 12.3 Å². The summed E-state index contributed by atoms with van der Waals surface area (Å²) in [5.41, 5.74) is 6.42. The fourth-order valence-corrected chi connectivity index (χ4v) is 4.65. The highest BCUT2D eigenvalue weighted by Crippen LogP contribution is 2.28. The zero-order chi connectivity index (χ0) is 26.3. The second kappa shape index (κ2) is 11.6. The summed E-state index contributed by atoms with van der Waals surface area (Å²) in [6.07, 6.45) is 6.93. The molecule has 0 aliphatic carbocycles. The maximum Gasteiger partial charge on any atom is 0.271 e. The number of nitrogens with zero attached hydrogens (tertiary/aromatic N) is 2. The predicted molar refractivity (Wildman–Crippen MR) is 156 cm³/mol. The Labute approximate surface area is 229 Å². The lowest BCUT2D eigenvalue weighted by Crippen LogP contribution is -2.17. The number of aromatic nitrogens is 1. The number of halogens is 1. The number of hydrogen-bond acceptors (Lipinski definition) is 6. The van der Waals surface area contributed by atoms with Crippen LogP contribution in [0.1, 0.15) is 15.9 Å². The molecule has 0 spiro atoms. The van der Waals surface area contributed by atoms with Gasteiger partial charge in [-0.15, -0.1) is 17.8 Å². The highest BCUT2D eigenvalue weighted by atomic mass is 35.5. The first-order valence-corrected chi connectivity index (χ1v) is 12.9. The second-order valence-electron chi connectivity index (χ2n) is 8.14. The molecule has 1 heterocycles. The molecule has 5 rings (SSSR count). The van der Waals surface area contributed by atoms with Crippen molar-refractivity contribution >= 4 is 56.7 Å². The van der Waals surface area contributed by atoms with Crippen LogP contribution in [-0.4, -0.2) is 23.7 Å². The number of nitrogens with one attached hydrogen (secondary N) is 2. The highest BCUT2D eigenvalue weighted by molar-refractivity contribution is 7.14. The van der Waals surface area contributed by atoms with Crippen LogP contribution in [0.5, 0.6) is 5.75 Å². The van der Waals surface area contributed by atoms with Gasteiger partial charge in [0.05, 0.1) is 11.9 Å². The van der Waals surface area contributed by atoms with Crippen LogP contribution in [0.3, 0.4) is 0 Å². The molecule has 0 fully saturated rings. The molecule has 5 aromatic rings. The SMILES string of the molecule is C#CCOc1ccc2ccccc2c1/C=N\NC(=O)c1ccc(-c2csc(Nc3ccc(Cl)cc3)n2)cc1. The first-order valence-electron chi connectivity index (χ1n) is 11.6. The van der Waals surface area contributed by atoms with Crippen molar-refractivity contribution in [1.82, 2.24) is 10.4 Å². The summed E-state index contributed by atoms with van der Waals surface area (Å²) >= 11 is 7.44. The minimum atomic E-state index is -0.331. The molecule has 1 amide bonds. The van der Waals surface area contributed by atoms with Gasteiger partial charge in [-0.3, -0.25) is 4.79 Å². The molecule has 0 aliphatic rings. The number of rotatable bonds is 8. The zero-order valence-corrected chi connectivity index (χ0v) is 21.6. The van der Waals surface area contributed by atoms with Crippen LogP contribution >= 0.6 is 22.9 Å². The molecule has 8 heteroatoms. The Balaban J connectivity index is 1.26. The Morgan fingerprint density at radius 1 is 1.05 bits per heavy atom. The van der Waals surface area contributed by atoms with E-state index in [9.17, 15) is 4.79 Å². The van der Waals surface area contributed by atoms with Gasteiger partial charge in [0.25, 0.3) is 5.91 Å². The van der Waals surface area contributed by atoms with Gasteiger partial charge in [-0.2, -0.15) is 5.10 Å². The number of fused-ring (bicyclic) bond motifs is 1. The second-order valence-corrected chi connectivity index (χ2v) is 9.43. The summed E-state index contributed by atoms with van der Waals surface area (Å²) in [6, 6.07) is 26.3. The molecule has 4 aromatic carbocycles. The Morgan fingerprint density at radius 2 is 1.84 bits per heavy atom. The van der Waals surface area contributed by atoms with E-state index in [2.05, 4.69) is 26.7 Å². The van der Waals surface area contributed by atoms with E-state index in [1.807, 2.05) is 78.2 Å². The number of ether oxygens (including phenoxy) is 1. The van der Waals surface area contributed by atoms with Crippen LogP contribution in [0.2, 0.25) is 5.02 Å². The topological polar surface area (TPSA) is 75.6 Å². The Morgan fingerprint density at radius 3 is 2.63 bits per heavy atom. The van der Waals surface area contributed by atoms with Gasteiger partial charge in [-0.25, -0.2) is 10.4 Å². The molecule has 0 bridgehead atoms. The van der Waals surface area contributed by atoms with E-state index in [0.29, 0.717) is 16.3 Å². The van der Waals surface area contributed by atoms with Gasteiger partial charge in [-0.1, -0.05) is 60.0 Å². The molecule has 0 aliphatic heterocycles. The molecule has 2 N–H and O–H groups in total. The number of carbonyl (C=O) groups excluding carboxylic acids is 1. The molecule has 6 nitrogen and oxygen atoms in total. The van der Waals surface area contributed by atoms with Crippen molar-refractivity contribution in [2.24, 2.45) is 5.10 Å². The first kappa shape index (κ1) is 25.0. The van der Waals surface area contributed by atoms with E-state index in [1.54, 1.807) is 18.3 Å². The summed E-state index contributed by atoms with van der Waals surface area (Å²) in [4.78, 5) is 17.4. The van der Waals surface area contributed by atoms with Crippen molar-refractivity contribution in [2.45, 2.75) is 0 Å². The van der Waals surface area contributed by atoms with E-state index in [0.717, 1.165) is 38.4 Å². The van der Waals surface area contributed by atoms with E-state index in [4.69, 9.17) is 22.8 Å². The summed E-state index contributed by atoms with van der Waals surface area (Å²) in [6.45, 7) is 0.134. The lowest BCUT2D eigenvalue weighted by molar-refractivity contribution is 0.0955. The number of hydrogen-bond donors (Lipinski definition) is 2. The first-order chi connectivity index (χ1) is 18.6. The van der Waals surface area contributed by atoms with Crippen molar-refractivity contribution in [3.05, 3.63) is 106 Å². The number of anilines is 2. The molecule has 0 radical (unpaired) electrons. The molecule has 186 valence electrons. The minimum Gasteiger partial charge on any atom is -0.480 e. The Kier molecular flexibility index (Phi) is 7.65. The van der Waals surface area contributed by atoms with Gasteiger partial charge < -0.3 is 10.1 Å². The number of amides is 1. The molecule has 0 atom stereocenters. The minimum absolute atomic E-state index is 0.134. The molecule has 38 heavy (non-hydrogen) atoms. The maximum atomic E-state index is 12.7. The number of carbonyl (C=O) groups is 1. The summed E-state index contributed by atoms with van der Waals surface area (Å²) in [5.74, 6) is 2.73. The van der Waals surface area contributed by atoms with E-state index in [1.165, 1.54) is 11.3 Å². The number of hydrazone groups is 1. The fraction of sp³-hybridized carbons (Fsp3) is 0.0333. The van der Waals surface area contributed by atoms with Crippen molar-refractivity contribution in [2.75, 3.05) is 11.9 Å². The lowest BCUT2D eigenvalue weighted by atomic mass is 10.0. The summed E-state index contributed by atoms with van der Waals surface area (Å²) < 4.78 is 5.68. The lowest BCUT2D eigenvalue weighted by Gasteiger charge is -2.10. The van der Waals surface area contributed by atoms with Gasteiger partial charge in [0.15, 0.2) is 5.13 Å². The smallest absolute Gasteiger partial charge is 0.271 e. The van der Waals surface area contributed by atoms with Crippen LogP contribution in [-0.2, 0) is 0 Å². The Bertz CT molecular complexity index is 1660. The van der Waals surface area contributed by atoms with Crippen LogP contribution in [0.25, 0.3) is 22.0 Å². The molecule has 0 saturated heterocycles. The third-order valence-corrected chi connectivity index (χ3v) is 6.65. The van der Waals surface area contributed by atoms with Crippen molar-refractivity contribution < 1.29 is 9.53 Å². The fourth-order valence-electron chi connectivity index (χ4n) is 3.79. The maximum absolute atomic E-state index is 12.7. The molecule has 1 aromatic heterocycles. The van der Waals surface area contributed by atoms with Gasteiger partial charge in [-0.05, 0) is 53.2 Å². The molecular formula is C30H21ClN4O2S. The normalized spacial score (nSPS) is 10.8. The third-order valence-electron chi connectivity index (χ3n) is 5.64. The van der Waals surface area contributed by atoms with Gasteiger partial charge in [0, 0.05) is 32.8 Å². The molecular weight excluding hydrogens is 516 g/mol. The van der Waals surface area contributed by atoms with E-state index < -0.39 is 0 Å². The standard InChI is InChI=1S/C30H21ClN4O2S/c1-2-17-37-28-16-11-20-5-3-4-6-25(20)26(28)18-32-35-29(36)22-9-7-21(8-10-22)27-19-38-30(34-27)33-24-14-12-23(31)13-15-24/h1,3-16,18-19H,17H2,(H,33,34)(H,35,36)/b32-18-. The van der Waals surface area contributed by atoms with Crippen LogP contribution in [0.4, 0.5) is 10.8 Å². The number of terminal acetylenes is 1. The zero-order valence-electron chi connectivity index (χ0n) is 20.0. The van der Waals surface area contributed by atoms with E-state index in [-0.39, 0.29) is 12.5 Å².